The smallest absolute Gasteiger partial charge is 0.273 e. The van der Waals surface area contributed by atoms with E-state index < -0.39 is 6.10 Å². The highest BCUT2D eigenvalue weighted by atomic mass is 19.1. The average Bonchev–Trinajstić information content (AvgIpc) is 2.96. The molecule has 2 aromatic rings. The van der Waals surface area contributed by atoms with E-state index in [1.165, 1.54) is 18.2 Å². The Morgan fingerprint density at radius 3 is 2.67 bits per heavy atom. The summed E-state index contributed by atoms with van der Waals surface area (Å²) in [7, 11) is 0. The molecule has 0 bridgehead atoms. The van der Waals surface area contributed by atoms with E-state index in [4.69, 9.17) is 5.26 Å². The number of β-amino-alcohol motifs (C(OH)–C–C–N with tert-alkyl or cyclic N) is 1. The van der Waals surface area contributed by atoms with E-state index in [0.717, 1.165) is 5.56 Å². The van der Waals surface area contributed by atoms with Crippen molar-refractivity contribution >= 4 is 5.91 Å². The van der Waals surface area contributed by atoms with E-state index in [-0.39, 0.29) is 30.0 Å². The van der Waals surface area contributed by atoms with Crippen LogP contribution >= 0.6 is 0 Å². The van der Waals surface area contributed by atoms with Gasteiger partial charge in [-0.1, -0.05) is 12.1 Å². The van der Waals surface area contributed by atoms with Crippen molar-refractivity contribution in [3.63, 3.8) is 0 Å². The minimum absolute atomic E-state index is 0.196. The first kappa shape index (κ1) is 16.1. The lowest BCUT2D eigenvalue weighted by atomic mass is 10.0. The molecular formula is C18H16FN3O2. The summed E-state index contributed by atoms with van der Waals surface area (Å²) in [5.74, 6) is -0.659. The lowest BCUT2D eigenvalue weighted by Crippen LogP contribution is -2.32. The standard InChI is InChI=1S/C18H16FN3O2/c1-11-13(9-20)4-7-16(21-11)18(24)22-10-15(23)8-17(22)12-2-5-14(19)6-3-12/h2-7,15,17,23H,8,10H2,1H3/t15-,17-/m0/s1. The number of hydrogen-bond donors (Lipinski definition) is 1. The van der Waals surface area contributed by atoms with Crippen molar-refractivity contribution in [2.45, 2.75) is 25.5 Å². The van der Waals surface area contributed by atoms with Gasteiger partial charge in [-0.15, -0.1) is 0 Å². The van der Waals surface area contributed by atoms with Crippen molar-refractivity contribution < 1.29 is 14.3 Å². The fourth-order valence-electron chi connectivity index (χ4n) is 2.98. The van der Waals surface area contributed by atoms with E-state index >= 15 is 0 Å². The van der Waals surface area contributed by atoms with Gasteiger partial charge in [0.05, 0.1) is 23.4 Å². The number of aryl methyl sites for hydroxylation is 1. The summed E-state index contributed by atoms with van der Waals surface area (Å²) < 4.78 is 13.1. The van der Waals surface area contributed by atoms with Gasteiger partial charge in [0.2, 0.25) is 0 Å². The number of halogens is 1. The van der Waals surface area contributed by atoms with Gasteiger partial charge in [0.1, 0.15) is 17.6 Å². The molecule has 5 nitrogen and oxygen atoms in total. The summed E-state index contributed by atoms with van der Waals surface area (Å²) >= 11 is 0. The summed E-state index contributed by atoms with van der Waals surface area (Å²) in [5, 5.41) is 18.9. The first-order valence-electron chi connectivity index (χ1n) is 7.62. The summed E-state index contributed by atoms with van der Waals surface area (Å²) in [6.07, 6.45) is -0.240. The normalized spacial score (nSPS) is 20.0. The first-order chi connectivity index (χ1) is 11.5. The second-order valence-electron chi connectivity index (χ2n) is 5.86. The zero-order valence-electron chi connectivity index (χ0n) is 13.1. The van der Waals surface area contributed by atoms with Crippen LogP contribution in [-0.2, 0) is 0 Å². The molecule has 0 aliphatic carbocycles. The molecule has 1 aromatic carbocycles. The number of nitrogens with zero attached hydrogens (tertiary/aromatic N) is 3. The molecule has 0 radical (unpaired) electrons. The fourth-order valence-corrected chi connectivity index (χ4v) is 2.98. The van der Waals surface area contributed by atoms with Crippen molar-refractivity contribution in [3.8, 4) is 6.07 Å². The molecular weight excluding hydrogens is 309 g/mol. The van der Waals surface area contributed by atoms with Gasteiger partial charge in [-0.25, -0.2) is 9.37 Å². The van der Waals surface area contributed by atoms with Crippen LogP contribution in [0.3, 0.4) is 0 Å². The van der Waals surface area contributed by atoms with Gasteiger partial charge < -0.3 is 10.0 Å². The van der Waals surface area contributed by atoms with E-state index in [1.54, 1.807) is 30.0 Å². The van der Waals surface area contributed by atoms with Gasteiger partial charge in [0, 0.05) is 6.54 Å². The predicted molar refractivity (Wildman–Crippen MR) is 84.5 cm³/mol. The highest BCUT2D eigenvalue weighted by Crippen LogP contribution is 2.33. The van der Waals surface area contributed by atoms with E-state index in [9.17, 15) is 14.3 Å². The summed E-state index contributed by atoms with van der Waals surface area (Å²) in [6.45, 7) is 1.87. The predicted octanol–water partition coefficient (Wildman–Crippen LogP) is 2.35. The third-order valence-electron chi connectivity index (χ3n) is 4.22. The Kier molecular flexibility index (Phi) is 4.28. The van der Waals surface area contributed by atoms with Crippen molar-refractivity contribution in [1.82, 2.24) is 9.88 Å². The minimum atomic E-state index is -0.636. The fraction of sp³-hybridized carbons (Fsp3) is 0.278. The topological polar surface area (TPSA) is 77.2 Å². The maximum absolute atomic E-state index is 13.1. The number of aromatic nitrogens is 1. The van der Waals surface area contributed by atoms with Crippen LogP contribution in [0.4, 0.5) is 4.39 Å². The molecule has 2 heterocycles. The van der Waals surface area contributed by atoms with Crippen LogP contribution in [0, 0.1) is 24.1 Å². The monoisotopic (exact) mass is 325 g/mol. The SMILES string of the molecule is Cc1nc(C(=O)N2C[C@@H](O)C[C@H]2c2ccc(F)cc2)ccc1C#N. The van der Waals surface area contributed by atoms with Gasteiger partial charge in [-0.05, 0) is 43.2 Å². The average molecular weight is 325 g/mol. The summed E-state index contributed by atoms with van der Waals surface area (Å²) in [5.41, 5.74) is 1.91. The molecule has 0 spiro atoms. The number of aliphatic hydroxyl groups is 1. The molecule has 1 aliphatic rings. The van der Waals surface area contributed by atoms with Gasteiger partial charge in [0.25, 0.3) is 5.91 Å². The second-order valence-corrected chi connectivity index (χ2v) is 5.86. The Morgan fingerprint density at radius 2 is 2.04 bits per heavy atom. The second kappa shape index (κ2) is 6.38. The van der Waals surface area contributed by atoms with Crippen LogP contribution in [-0.4, -0.2) is 33.5 Å². The van der Waals surface area contributed by atoms with Crippen LogP contribution in [0.1, 0.15) is 39.8 Å². The number of carbonyl (C=O) groups excluding carboxylic acids is 1. The molecule has 6 heteroatoms. The number of likely N-dealkylation sites (tertiary alicyclic amines) is 1. The molecule has 1 aromatic heterocycles. The molecule has 0 unspecified atom stereocenters. The Labute approximate surface area is 139 Å². The highest BCUT2D eigenvalue weighted by Gasteiger charge is 2.36. The number of benzene rings is 1. The molecule has 1 fully saturated rings. The van der Waals surface area contributed by atoms with Gasteiger partial charge >= 0.3 is 0 Å². The van der Waals surface area contributed by atoms with Crippen molar-refractivity contribution in [2.75, 3.05) is 6.54 Å². The molecule has 122 valence electrons. The van der Waals surface area contributed by atoms with Crippen LogP contribution in [0.5, 0.6) is 0 Å². The largest absolute Gasteiger partial charge is 0.391 e. The third kappa shape index (κ3) is 2.99. The molecule has 24 heavy (non-hydrogen) atoms. The van der Waals surface area contributed by atoms with Crippen LogP contribution in [0.25, 0.3) is 0 Å². The zero-order valence-corrected chi connectivity index (χ0v) is 13.1. The van der Waals surface area contributed by atoms with E-state index in [0.29, 0.717) is 17.7 Å². The Hall–Kier alpha value is -2.78. The lowest BCUT2D eigenvalue weighted by Gasteiger charge is -2.24. The van der Waals surface area contributed by atoms with Crippen LogP contribution in [0.15, 0.2) is 36.4 Å². The van der Waals surface area contributed by atoms with Crippen molar-refractivity contribution in [1.29, 1.82) is 5.26 Å². The number of pyridine rings is 1. The molecule has 1 aliphatic heterocycles. The number of amides is 1. The van der Waals surface area contributed by atoms with Crippen molar-refractivity contribution in [3.05, 3.63) is 64.7 Å². The highest BCUT2D eigenvalue weighted by molar-refractivity contribution is 5.93. The molecule has 3 rings (SSSR count). The molecule has 1 N–H and O–H groups in total. The number of hydrogen-bond acceptors (Lipinski definition) is 4. The van der Waals surface area contributed by atoms with Crippen LogP contribution in [0.2, 0.25) is 0 Å². The Morgan fingerprint density at radius 1 is 1.33 bits per heavy atom. The summed E-state index contributed by atoms with van der Waals surface area (Å²) in [4.78, 5) is 18.5. The lowest BCUT2D eigenvalue weighted by molar-refractivity contribution is 0.0709. The minimum Gasteiger partial charge on any atom is -0.391 e. The third-order valence-corrected chi connectivity index (χ3v) is 4.22. The van der Waals surface area contributed by atoms with Gasteiger partial charge in [-0.2, -0.15) is 5.26 Å². The first-order valence-corrected chi connectivity index (χ1v) is 7.62. The van der Waals surface area contributed by atoms with Gasteiger partial charge in [0.15, 0.2) is 0 Å². The summed E-state index contributed by atoms with van der Waals surface area (Å²) in [6, 6.07) is 10.7. The maximum atomic E-state index is 13.1. The number of nitriles is 1. The molecule has 2 atom stereocenters. The zero-order chi connectivity index (χ0) is 17.3. The Balaban J connectivity index is 1.91. The van der Waals surface area contributed by atoms with E-state index in [2.05, 4.69) is 4.98 Å². The number of aliphatic hydroxyl groups excluding tert-OH is 1. The molecule has 1 saturated heterocycles. The Bertz CT molecular complexity index is 814. The quantitative estimate of drug-likeness (QED) is 0.919. The van der Waals surface area contributed by atoms with Crippen molar-refractivity contribution in [2.24, 2.45) is 0 Å². The maximum Gasteiger partial charge on any atom is 0.273 e. The number of rotatable bonds is 2. The van der Waals surface area contributed by atoms with Crippen LogP contribution < -0.4 is 0 Å². The van der Waals surface area contributed by atoms with E-state index in [1.807, 2.05) is 6.07 Å². The number of carbonyl (C=O) groups is 1. The van der Waals surface area contributed by atoms with Gasteiger partial charge in [-0.3, -0.25) is 4.79 Å². The molecule has 1 amide bonds. The molecule has 0 saturated carbocycles.